The average molecular weight is 447 g/mol. The van der Waals surface area contributed by atoms with Crippen molar-refractivity contribution in [3.05, 3.63) is 89.7 Å². The van der Waals surface area contributed by atoms with E-state index in [1.54, 1.807) is 48.5 Å². The second-order valence-corrected chi connectivity index (χ2v) is 7.78. The normalized spacial score (nSPS) is 11.5. The molecule has 1 aromatic heterocycles. The number of nitrogens with zero attached hydrogens (tertiary/aromatic N) is 2. The summed E-state index contributed by atoms with van der Waals surface area (Å²) in [5.74, 6) is 0.537. The highest BCUT2D eigenvalue weighted by atomic mass is 16.5. The number of esters is 1. The Bertz CT molecular complexity index is 1030. The van der Waals surface area contributed by atoms with E-state index in [-0.39, 0.29) is 12.5 Å². The number of carbonyl (C=O) groups is 2. The second kappa shape index (κ2) is 11.8. The minimum Gasteiger partial charge on any atom is -0.484 e. The first-order chi connectivity index (χ1) is 16.0. The summed E-state index contributed by atoms with van der Waals surface area (Å²) < 4.78 is 10.8. The first kappa shape index (κ1) is 24.0. The third kappa shape index (κ3) is 6.65. The smallest absolute Gasteiger partial charge is 0.338 e. The van der Waals surface area contributed by atoms with Crippen LogP contribution < -0.4 is 9.64 Å². The van der Waals surface area contributed by atoms with Crippen LogP contribution in [0.5, 0.6) is 5.75 Å². The van der Waals surface area contributed by atoms with Gasteiger partial charge in [-0.15, -0.1) is 0 Å². The van der Waals surface area contributed by atoms with Gasteiger partial charge >= 0.3 is 5.97 Å². The van der Waals surface area contributed by atoms with Crippen molar-refractivity contribution in [2.75, 3.05) is 18.1 Å². The molecule has 0 radical (unpaired) electrons. The predicted octanol–water partition coefficient (Wildman–Crippen LogP) is 5.38. The van der Waals surface area contributed by atoms with E-state index in [0.717, 1.165) is 12.0 Å². The lowest BCUT2D eigenvalue weighted by Gasteiger charge is -2.23. The van der Waals surface area contributed by atoms with Gasteiger partial charge < -0.3 is 14.4 Å². The third-order valence-electron chi connectivity index (χ3n) is 5.48. The summed E-state index contributed by atoms with van der Waals surface area (Å²) in [6, 6.07) is 18.4. The van der Waals surface area contributed by atoms with Crippen molar-refractivity contribution < 1.29 is 19.1 Å². The molecule has 1 heterocycles. The molecule has 0 N–H and O–H groups in total. The fourth-order valence-electron chi connectivity index (χ4n) is 3.34. The Hall–Kier alpha value is -3.67. The first-order valence-electron chi connectivity index (χ1n) is 11.2. The summed E-state index contributed by atoms with van der Waals surface area (Å²) in [5.41, 5.74) is 3.23. The molecular formula is C27H30N2O4. The molecule has 2 aromatic carbocycles. The average Bonchev–Trinajstić information content (AvgIpc) is 2.86. The summed E-state index contributed by atoms with van der Waals surface area (Å²) in [6.45, 7) is 6.64. The minimum atomic E-state index is -0.390. The molecular weight excluding hydrogens is 416 g/mol. The van der Waals surface area contributed by atoms with Crippen LogP contribution in [0.1, 0.15) is 54.6 Å². The molecule has 33 heavy (non-hydrogen) atoms. The van der Waals surface area contributed by atoms with E-state index < -0.39 is 5.97 Å². The molecule has 0 saturated heterocycles. The monoisotopic (exact) mass is 446 g/mol. The number of aromatic nitrogens is 1. The summed E-state index contributed by atoms with van der Waals surface area (Å²) in [7, 11) is 0. The van der Waals surface area contributed by atoms with Crippen molar-refractivity contribution in [1.82, 2.24) is 4.98 Å². The lowest BCUT2D eigenvalue weighted by molar-refractivity contribution is -0.120. The lowest BCUT2D eigenvalue weighted by Crippen LogP contribution is -2.34. The molecule has 0 aliphatic carbocycles. The number of pyridine rings is 1. The highest BCUT2D eigenvalue weighted by Gasteiger charge is 2.18. The Morgan fingerprint density at radius 2 is 1.73 bits per heavy atom. The van der Waals surface area contributed by atoms with Crippen LogP contribution in [0.15, 0.2) is 73.1 Å². The van der Waals surface area contributed by atoms with Gasteiger partial charge in [0.15, 0.2) is 6.61 Å². The maximum atomic E-state index is 13.2. The van der Waals surface area contributed by atoms with Crippen molar-refractivity contribution in [3.8, 4) is 5.75 Å². The molecule has 6 nitrogen and oxygen atoms in total. The van der Waals surface area contributed by atoms with Crippen LogP contribution in [0.3, 0.4) is 0 Å². The maximum absolute atomic E-state index is 13.2. The molecule has 0 fully saturated rings. The molecule has 0 spiro atoms. The van der Waals surface area contributed by atoms with E-state index >= 15 is 0 Å². The SMILES string of the molecule is CCOC(=O)c1ccc(N(Cc2cccnc2)C(=O)COc2ccc(C(C)CC)cc2)cc1. The number of amides is 1. The number of anilines is 1. The summed E-state index contributed by atoms with van der Waals surface area (Å²) >= 11 is 0. The number of rotatable bonds is 10. The number of carbonyl (C=O) groups excluding carboxylic acids is 2. The molecule has 3 rings (SSSR count). The Balaban J connectivity index is 1.74. The highest BCUT2D eigenvalue weighted by molar-refractivity contribution is 5.95. The van der Waals surface area contributed by atoms with Gasteiger partial charge in [0.05, 0.1) is 18.7 Å². The van der Waals surface area contributed by atoms with Gasteiger partial charge in [-0.05, 0) is 72.9 Å². The Kier molecular flexibility index (Phi) is 8.58. The summed E-state index contributed by atoms with van der Waals surface area (Å²) in [4.78, 5) is 30.9. The van der Waals surface area contributed by atoms with E-state index in [9.17, 15) is 9.59 Å². The number of hydrogen-bond donors (Lipinski definition) is 0. The maximum Gasteiger partial charge on any atom is 0.338 e. The Morgan fingerprint density at radius 1 is 1.00 bits per heavy atom. The fourth-order valence-corrected chi connectivity index (χ4v) is 3.34. The topological polar surface area (TPSA) is 68.7 Å². The van der Waals surface area contributed by atoms with Crippen molar-refractivity contribution >= 4 is 17.6 Å². The number of ether oxygens (including phenoxy) is 2. The van der Waals surface area contributed by atoms with Gasteiger partial charge in [-0.1, -0.05) is 32.0 Å². The van der Waals surface area contributed by atoms with Crippen molar-refractivity contribution in [3.63, 3.8) is 0 Å². The molecule has 1 amide bonds. The van der Waals surface area contributed by atoms with Gasteiger partial charge in [0.1, 0.15) is 5.75 Å². The van der Waals surface area contributed by atoms with E-state index in [1.165, 1.54) is 5.56 Å². The lowest BCUT2D eigenvalue weighted by atomic mass is 9.99. The first-order valence-corrected chi connectivity index (χ1v) is 11.2. The quantitative estimate of drug-likeness (QED) is 0.391. The standard InChI is InChI=1S/C27H30N2O4/c1-4-20(3)22-10-14-25(15-11-22)33-19-26(30)29(18-21-7-6-16-28-17-21)24-12-8-23(9-13-24)27(31)32-5-2/h6-17,20H,4-5,18-19H2,1-3H3. The predicted molar refractivity (Wildman–Crippen MR) is 128 cm³/mol. The van der Waals surface area contributed by atoms with E-state index in [0.29, 0.717) is 36.1 Å². The molecule has 0 aliphatic rings. The zero-order chi connectivity index (χ0) is 23.6. The van der Waals surface area contributed by atoms with Gasteiger partial charge in [0.25, 0.3) is 5.91 Å². The minimum absolute atomic E-state index is 0.109. The van der Waals surface area contributed by atoms with Crippen molar-refractivity contribution in [2.45, 2.75) is 39.7 Å². The van der Waals surface area contributed by atoms with Gasteiger partial charge in [-0.3, -0.25) is 9.78 Å². The third-order valence-corrected chi connectivity index (χ3v) is 5.48. The van der Waals surface area contributed by atoms with Gasteiger partial charge in [0, 0.05) is 18.1 Å². The number of hydrogen-bond acceptors (Lipinski definition) is 5. The Labute approximate surface area is 195 Å². The molecule has 0 aliphatic heterocycles. The molecule has 1 atom stereocenters. The second-order valence-electron chi connectivity index (χ2n) is 7.78. The van der Waals surface area contributed by atoms with Gasteiger partial charge in [-0.25, -0.2) is 4.79 Å². The molecule has 0 bridgehead atoms. The van der Waals surface area contributed by atoms with Gasteiger partial charge in [0.2, 0.25) is 0 Å². The van der Waals surface area contributed by atoms with E-state index in [2.05, 4.69) is 18.8 Å². The molecule has 0 saturated carbocycles. The van der Waals surface area contributed by atoms with Crippen LogP contribution in [0.2, 0.25) is 0 Å². The Morgan fingerprint density at radius 3 is 2.33 bits per heavy atom. The molecule has 172 valence electrons. The van der Waals surface area contributed by atoms with Crippen LogP contribution in [0.4, 0.5) is 5.69 Å². The molecule has 3 aromatic rings. The number of benzene rings is 2. The van der Waals surface area contributed by atoms with Gasteiger partial charge in [-0.2, -0.15) is 0 Å². The largest absolute Gasteiger partial charge is 0.484 e. The van der Waals surface area contributed by atoms with E-state index in [4.69, 9.17) is 9.47 Å². The highest BCUT2D eigenvalue weighted by Crippen LogP contribution is 2.23. The molecule has 6 heteroatoms. The van der Waals surface area contributed by atoms with E-state index in [1.807, 2.05) is 36.4 Å². The van der Waals surface area contributed by atoms with Crippen LogP contribution in [0, 0.1) is 0 Å². The summed E-state index contributed by atoms with van der Waals surface area (Å²) in [6.07, 6.45) is 4.48. The molecule has 1 unspecified atom stereocenters. The van der Waals surface area contributed by atoms with Crippen LogP contribution in [0.25, 0.3) is 0 Å². The zero-order valence-corrected chi connectivity index (χ0v) is 19.4. The van der Waals surface area contributed by atoms with Crippen molar-refractivity contribution in [1.29, 1.82) is 0 Å². The van der Waals surface area contributed by atoms with Crippen LogP contribution in [-0.2, 0) is 16.1 Å². The summed E-state index contributed by atoms with van der Waals surface area (Å²) in [5, 5.41) is 0. The van der Waals surface area contributed by atoms with Crippen molar-refractivity contribution in [2.24, 2.45) is 0 Å². The van der Waals surface area contributed by atoms with Crippen LogP contribution in [-0.4, -0.2) is 30.1 Å². The zero-order valence-electron chi connectivity index (χ0n) is 19.4. The van der Waals surface area contributed by atoms with Crippen LogP contribution >= 0.6 is 0 Å². The fraction of sp³-hybridized carbons (Fsp3) is 0.296.